The molecule has 1 aromatic carbocycles. The summed E-state index contributed by atoms with van der Waals surface area (Å²) in [5.74, 6) is -0.214. The highest BCUT2D eigenvalue weighted by molar-refractivity contribution is 6.04. The lowest BCUT2D eigenvalue weighted by atomic mass is 10.1. The van der Waals surface area contributed by atoms with Crippen LogP contribution in [0.2, 0.25) is 0 Å². The molecule has 1 N–H and O–H groups in total. The summed E-state index contributed by atoms with van der Waals surface area (Å²) in [6, 6.07) is 7.47. The molecule has 6 nitrogen and oxygen atoms in total. The minimum atomic E-state index is -0.214. The number of likely N-dealkylation sites (tertiary alicyclic amines) is 1. The van der Waals surface area contributed by atoms with Crippen molar-refractivity contribution in [3.05, 3.63) is 40.3 Å². The normalized spacial score (nSPS) is 18.2. The number of amides is 1. The van der Waals surface area contributed by atoms with E-state index in [2.05, 4.69) is 22.2 Å². The number of hydrogen-bond donors (Lipinski definition) is 1. The van der Waals surface area contributed by atoms with Crippen molar-refractivity contribution < 1.29 is 4.79 Å². The maximum absolute atomic E-state index is 12.8. The molecular weight excluding hydrogens is 316 g/mol. The molecule has 1 fully saturated rings. The summed E-state index contributed by atoms with van der Waals surface area (Å²) in [5.41, 5.74) is 0.167. The number of fused-ring (bicyclic) bond motifs is 1. The summed E-state index contributed by atoms with van der Waals surface area (Å²) in [5, 5.41) is 8.53. The standard InChI is InChI=1S/C19H26N4O2/c1-4-22-11-7-8-14(22)12-20-18(24)17-15-9-5-6-10-16(15)19(25)23(21-17)13(2)3/h5-6,9-10,13-14H,4,7-8,11-12H2,1-3H3,(H,20,24). The summed E-state index contributed by atoms with van der Waals surface area (Å²) >= 11 is 0. The highest BCUT2D eigenvalue weighted by Crippen LogP contribution is 2.17. The number of nitrogens with zero attached hydrogens (tertiary/aromatic N) is 3. The van der Waals surface area contributed by atoms with Crippen LogP contribution in [0.4, 0.5) is 0 Å². The Balaban J connectivity index is 1.90. The second-order valence-electron chi connectivity index (χ2n) is 6.87. The Labute approximate surface area is 147 Å². The van der Waals surface area contributed by atoms with Gasteiger partial charge >= 0.3 is 0 Å². The molecule has 2 heterocycles. The van der Waals surface area contributed by atoms with Gasteiger partial charge in [0, 0.05) is 18.0 Å². The van der Waals surface area contributed by atoms with E-state index >= 15 is 0 Å². The average Bonchev–Trinajstić information content (AvgIpc) is 3.07. The molecule has 1 aliphatic heterocycles. The molecule has 1 aromatic heterocycles. The molecule has 2 aromatic rings. The van der Waals surface area contributed by atoms with Crippen LogP contribution in [0, 0.1) is 0 Å². The van der Waals surface area contributed by atoms with Crippen LogP contribution >= 0.6 is 0 Å². The zero-order chi connectivity index (χ0) is 18.0. The maximum atomic E-state index is 12.8. The van der Waals surface area contributed by atoms with Gasteiger partial charge in [-0.3, -0.25) is 14.5 Å². The van der Waals surface area contributed by atoms with Crippen LogP contribution in [0.1, 0.15) is 50.1 Å². The van der Waals surface area contributed by atoms with Crippen molar-refractivity contribution in [2.45, 2.75) is 45.7 Å². The predicted molar refractivity (Wildman–Crippen MR) is 99.0 cm³/mol. The van der Waals surface area contributed by atoms with Crippen molar-refractivity contribution in [2.75, 3.05) is 19.6 Å². The average molecular weight is 342 g/mol. The van der Waals surface area contributed by atoms with Crippen LogP contribution in [0.25, 0.3) is 10.8 Å². The Hall–Kier alpha value is -2.21. The number of carbonyl (C=O) groups is 1. The Morgan fingerprint density at radius 3 is 2.72 bits per heavy atom. The first kappa shape index (κ1) is 17.6. The van der Waals surface area contributed by atoms with Crippen molar-refractivity contribution in [1.29, 1.82) is 0 Å². The first-order chi connectivity index (χ1) is 12.0. The van der Waals surface area contributed by atoms with Crippen molar-refractivity contribution >= 4 is 16.7 Å². The minimum absolute atomic E-state index is 0.103. The van der Waals surface area contributed by atoms with Gasteiger partial charge in [-0.15, -0.1) is 0 Å². The van der Waals surface area contributed by atoms with E-state index in [1.807, 2.05) is 26.0 Å². The van der Waals surface area contributed by atoms with E-state index in [0.717, 1.165) is 19.5 Å². The molecule has 1 saturated heterocycles. The molecule has 6 heteroatoms. The van der Waals surface area contributed by atoms with Gasteiger partial charge in [0.25, 0.3) is 11.5 Å². The monoisotopic (exact) mass is 342 g/mol. The molecule has 0 bridgehead atoms. The van der Waals surface area contributed by atoms with Crippen molar-refractivity contribution in [2.24, 2.45) is 0 Å². The largest absolute Gasteiger partial charge is 0.349 e. The van der Waals surface area contributed by atoms with Gasteiger partial charge in [-0.25, -0.2) is 4.68 Å². The molecule has 0 radical (unpaired) electrons. The number of rotatable bonds is 5. The third kappa shape index (κ3) is 3.44. The van der Waals surface area contributed by atoms with Crippen LogP contribution in [-0.2, 0) is 0 Å². The zero-order valence-corrected chi connectivity index (χ0v) is 15.2. The molecule has 0 spiro atoms. The highest BCUT2D eigenvalue weighted by atomic mass is 16.2. The predicted octanol–water partition coefficient (Wildman–Crippen LogP) is 2.19. The van der Waals surface area contributed by atoms with Gasteiger partial charge in [0.05, 0.1) is 11.4 Å². The van der Waals surface area contributed by atoms with Gasteiger partial charge in [0.1, 0.15) is 0 Å². The molecule has 1 atom stereocenters. The Morgan fingerprint density at radius 2 is 2.04 bits per heavy atom. The van der Waals surface area contributed by atoms with Gasteiger partial charge in [-0.2, -0.15) is 5.10 Å². The number of aromatic nitrogens is 2. The van der Waals surface area contributed by atoms with E-state index in [9.17, 15) is 9.59 Å². The minimum Gasteiger partial charge on any atom is -0.349 e. The van der Waals surface area contributed by atoms with Crippen molar-refractivity contribution in [3.8, 4) is 0 Å². The molecular formula is C19H26N4O2. The van der Waals surface area contributed by atoms with E-state index in [-0.39, 0.29) is 17.5 Å². The lowest BCUT2D eigenvalue weighted by molar-refractivity contribution is 0.0935. The zero-order valence-electron chi connectivity index (χ0n) is 15.2. The molecule has 1 amide bonds. The third-order valence-electron chi connectivity index (χ3n) is 4.94. The highest BCUT2D eigenvalue weighted by Gasteiger charge is 2.24. The lowest BCUT2D eigenvalue weighted by Crippen LogP contribution is -2.41. The summed E-state index contributed by atoms with van der Waals surface area (Å²) in [6.45, 7) is 8.64. The van der Waals surface area contributed by atoms with Gasteiger partial charge < -0.3 is 5.32 Å². The van der Waals surface area contributed by atoms with Gasteiger partial charge in [-0.1, -0.05) is 25.1 Å². The second-order valence-corrected chi connectivity index (χ2v) is 6.87. The van der Waals surface area contributed by atoms with Crippen LogP contribution in [-0.4, -0.2) is 46.3 Å². The fourth-order valence-electron chi connectivity index (χ4n) is 3.56. The molecule has 0 aliphatic carbocycles. The molecule has 134 valence electrons. The Morgan fingerprint density at radius 1 is 1.32 bits per heavy atom. The molecule has 1 aliphatic rings. The Kier molecular flexibility index (Phi) is 5.18. The van der Waals surface area contributed by atoms with Crippen LogP contribution in [0.5, 0.6) is 0 Å². The van der Waals surface area contributed by atoms with E-state index in [0.29, 0.717) is 29.1 Å². The van der Waals surface area contributed by atoms with Crippen molar-refractivity contribution in [3.63, 3.8) is 0 Å². The molecule has 0 saturated carbocycles. The van der Waals surface area contributed by atoms with E-state index < -0.39 is 0 Å². The quantitative estimate of drug-likeness (QED) is 0.904. The van der Waals surface area contributed by atoms with Crippen LogP contribution < -0.4 is 10.9 Å². The van der Waals surface area contributed by atoms with Gasteiger partial charge in [0.2, 0.25) is 0 Å². The Bertz CT molecular complexity index is 828. The molecule has 1 unspecified atom stereocenters. The first-order valence-corrected chi connectivity index (χ1v) is 9.06. The molecule has 3 rings (SSSR count). The summed E-state index contributed by atoms with van der Waals surface area (Å²) < 4.78 is 1.39. The SMILES string of the molecule is CCN1CCCC1CNC(=O)c1nn(C(C)C)c(=O)c2ccccc12. The van der Waals surface area contributed by atoms with Gasteiger partial charge in [0.15, 0.2) is 5.69 Å². The number of hydrogen-bond acceptors (Lipinski definition) is 4. The first-order valence-electron chi connectivity index (χ1n) is 9.06. The molecule has 25 heavy (non-hydrogen) atoms. The van der Waals surface area contributed by atoms with E-state index in [4.69, 9.17) is 0 Å². The smallest absolute Gasteiger partial charge is 0.274 e. The lowest BCUT2D eigenvalue weighted by Gasteiger charge is -2.23. The number of nitrogens with one attached hydrogen (secondary N) is 1. The number of benzene rings is 1. The number of carbonyl (C=O) groups excluding carboxylic acids is 1. The van der Waals surface area contributed by atoms with Crippen LogP contribution in [0.15, 0.2) is 29.1 Å². The second kappa shape index (κ2) is 7.35. The van der Waals surface area contributed by atoms with Crippen LogP contribution in [0.3, 0.4) is 0 Å². The summed E-state index contributed by atoms with van der Waals surface area (Å²) in [4.78, 5) is 27.7. The summed E-state index contributed by atoms with van der Waals surface area (Å²) in [7, 11) is 0. The number of likely N-dealkylation sites (N-methyl/N-ethyl adjacent to an activating group) is 1. The fraction of sp³-hybridized carbons (Fsp3) is 0.526. The third-order valence-corrected chi connectivity index (χ3v) is 4.94. The topological polar surface area (TPSA) is 67.2 Å². The van der Waals surface area contributed by atoms with Crippen molar-refractivity contribution in [1.82, 2.24) is 20.0 Å². The summed E-state index contributed by atoms with van der Waals surface area (Å²) in [6.07, 6.45) is 2.28. The van der Waals surface area contributed by atoms with E-state index in [1.54, 1.807) is 12.1 Å². The maximum Gasteiger partial charge on any atom is 0.274 e. The fourth-order valence-corrected chi connectivity index (χ4v) is 3.56. The van der Waals surface area contributed by atoms with Gasteiger partial charge in [-0.05, 0) is 45.8 Å². The van der Waals surface area contributed by atoms with E-state index in [1.165, 1.54) is 11.1 Å².